The quantitative estimate of drug-likeness (QED) is 0.183. The van der Waals surface area contributed by atoms with Crippen molar-refractivity contribution in [2.24, 2.45) is 0 Å². The van der Waals surface area contributed by atoms with Gasteiger partial charge in [0, 0.05) is 38.2 Å². The van der Waals surface area contributed by atoms with E-state index in [-0.39, 0.29) is 0 Å². The van der Waals surface area contributed by atoms with Gasteiger partial charge in [-0.2, -0.15) is 0 Å². The van der Waals surface area contributed by atoms with Crippen LogP contribution < -0.4 is 0 Å². The lowest BCUT2D eigenvalue weighted by Crippen LogP contribution is -2.00. The van der Waals surface area contributed by atoms with Crippen LogP contribution in [0.5, 0.6) is 0 Å². The van der Waals surface area contributed by atoms with E-state index in [1.807, 2.05) is 0 Å². The Morgan fingerprint density at radius 3 is 1.70 bits per heavy atom. The van der Waals surface area contributed by atoms with E-state index in [0.717, 1.165) is 4.57 Å². The van der Waals surface area contributed by atoms with Gasteiger partial charge in [-0.3, -0.25) is 0 Å². The SMILES string of the molecule is [2H]c1c([2H])c([2H])c(-c2nc(-c3c([2H])c([2H])c([2H])c([2H])c3[2H])nc(-c3c([2H])c([2H])c4c(c3[2H])c3c([2H])c([2H])c([2H])c([2H])c3n4-c3c([2H])c([2H])c([2H])c4c3oc3c([2H])c([2H])c([2H])c(-c5c([2H])c([2H])c([2H])c([2H])c5[2H])c34)n2)c([2H])c1[2H]. The summed E-state index contributed by atoms with van der Waals surface area (Å²) in [6.07, 6.45) is 0. The van der Waals surface area contributed by atoms with Gasteiger partial charge in [0.05, 0.1) is 55.1 Å². The van der Waals surface area contributed by atoms with Gasteiger partial charge in [-0.15, -0.1) is 0 Å². The molecular weight excluding hydrogens is 613 g/mol. The van der Waals surface area contributed by atoms with Crippen LogP contribution in [-0.4, -0.2) is 19.5 Å². The molecule has 5 heteroatoms. The lowest BCUT2D eigenvalue weighted by Gasteiger charge is -2.10. The van der Waals surface area contributed by atoms with Gasteiger partial charge in [-0.05, 0) is 47.4 Å². The van der Waals surface area contributed by atoms with Crippen molar-refractivity contribution in [3.05, 3.63) is 169 Å². The maximum atomic E-state index is 9.87. The Balaban J connectivity index is 1.41. The summed E-state index contributed by atoms with van der Waals surface area (Å²) in [5.74, 6) is -2.50. The van der Waals surface area contributed by atoms with E-state index in [1.54, 1.807) is 0 Å². The number of furan rings is 1. The van der Waals surface area contributed by atoms with Crippen LogP contribution in [0.25, 0.3) is 94.7 Å². The van der Waals surface area contributed by atoms with Crippen LogP contribution >= 0.6 is 0 Å². The molecule has 0 amide bonds. The number of aromatic nitrogens is 4. The van der Waals surface area contributed by atoms with Crippen molar-refractivity contribution in [1.82, 2.24) is 19.5 Å². The predicted octanol–water partition coefficient (Wildman–Crippen LogP) is 11.5. The molecule has 0 saturated heterocycles. The number of benzene rings is 7. The highest BCUT2D eigenvalue weighted by Crippen LogP contribution is 2.41. The standard InChI is InChI=1S/C45H28N4O/c1-4-14-29(15-5-1)33-21-13-25-40-41(33)35-22-12-24-39(42(35)50-40)49-37-23-11-10-20-34(37)36-28-32(26-27-38(36)49)45-47-43(30-16-6-2-7-17-30)46-44(48-45)31-18-8-3-9-19-31/h1-28H/i1D,2D,3D,4D,5D,6D,7D,8D,9D,10D,11D,12D,13D,14D,15D,16D,17D,18D,19D,20D,21D,22D,23D,24D,25D,26D,27D,28D. The zero-order chi connectivity index (χ0) is 57.4. The number of hydrogen-bond acceptors (Lipinski definition) is 4. The maximum absolute atomic E-state index is 9.87. The van der Waals surface area contributed by atoms with E-state index < -0.39 is 264 Å². The Morgan fingerprint density at radius 2 is 1.00 bits per heavy atom. The summed E-state index contributed by atoms with van der Waals surface area (Å²) < 4.78 is 254. The number of nitrogens with zero attached hydrogens (tertiary/aromatic N) is 4. The second kappa shape index (κ2) is 11.4. The first-order valence-electron chi connectivity index (χ1n) is 28.4. The van der Waals surface area contributed by atoms with Gasteiger partial charge in [-0.1, -0.05) is 133 Å². The summed E-state index contributed by atoms with van der Waals surface area (Å²) in [4.78, 5) is 12.8. The fourth-order valence-corrected chi connectivity index (χ4v) is 5.47. The van der Waals surface area contributed by atoms with Crippen LogP contribution in [0.3, 0.4) is 0 Å². The van der Waals surface area contributed by atoms with Crippen LogP contribution in [-0.2, 0) is 0 Å². The maximum Gasteiger partial charge on any atom is 0.164 e. The van der Waals surface area contributed by atoms with Gasteiger partial charge in [0.1, 0.15) is 5.58 Å². The van der Waals surface area contributed by atoms with Crippen molar-refractivity contribution < 1.29 is 42.8 Å². The van der Waals surface area contributed by atoms with Crippen molar-refractivity contribution in [3.63, 3.8) is 0 Å². The minimum absolute atomic E-state index is 0.521. The van der Waals surface area contributed by atoms with Crippen LogP contribution in [0.1, 0.15) is 38.4 Å². The molecule has 0 fully saturated rings. The second-order valence-electron chi connectivity index (χ2n) is 10.3. The van der Waals surface area contributed by atoms with Gasteiger partial charge >= 0.3 is 0 Å². The third-order valence-corrected chi connectivity index (χ3v) is 7.54. The molecule has 234 valence electrons. The molecule has 0 aliphatic carbocycles. The lowest BCUT2D eigenvalue weighted by atomic mass is 9.99. The van der Waals surface area contributed by atoms with Crippen molar-refractivity contribution in [2.45, 2.75) is 0 Å². The van der Waals surface area contributed by atoms with Gasteiger partial charge in [0.15, 0.2) is 23.1 Å². The predicted molar refractivity (Wildman–Crippen MR) is 203 cm³/mol. The highest BCUT2D eigenvalue weighted by Gasteiger charge is 2.20. The Labute approximate surface area is 327 Å². The molecule has 0 N–H and O–H groups in total. The molecule has 0 bridgehead atoms. The summed E-state index contributed by atoms with van der Waals surface area (Å²) in [5.41, 5.74) is -7.03. The summed E-state index contributed by atoms with van der Waals surface area (Å²) in [7, 11) is 0. The van der Waals surface area contributed by atoms with Gasteiger partial charge in [0.25, 0.3) is 0 Å². The number of para-hydroxylation sites is 2. The van der Waals surface area contributed by atoms with E-state index in [1.165, 1.54) is 0 Å². The van der Waals surface area contributed by atoms with E-state index in [0.29, 0.717) is 0 Å². The topological polar surface area (TPSA) is 56.7 Å². The van der Waals surface area contributed by atoms with Crippen LogP contribution in [0.4, 0.5) is 0 Å². The molecule has 0 aliphatic heterocycles. The first kappa shape index (κ1) is 11.9. The Bertz CT molecular complexity index is 4320. The smallest absolute Gasteiger partial charge is 0.164 e. The second-order valence-corrected chi connectivity index (χ2v) is 10.3. The minimum Gasteiger partial charge on any atom is -0.454 e. The fraction of sp³-hybridized carbons (Fsp3) is 0. The number of hydrogen-bond donors (Lipinski definition) is 0. The third-order valence-electron chi connectivity index (χ3n) is 7.54. The lowest BCUT2D eigenvalue weighted by molar-refractivity contribution is 0.666. The summed E-state index contributed by atoms with van der Waals surface area (Å²) >= 11 is 0. The van der Waals surface area contributed by atoms with Crippen molar-refractivity contribution in [2.75, 3.05) is 0 Å². The van der Waals surface area contributed by atoms with E-state index >= 15 is 0 Å². The molecule has 0 unspecified atom stereocenters. The normalized spacial score (nSPS) is 19.4. The van der Waals surface area contributed by atoms with Gasteiger partial charge in [0.2, 0.25) is 0 Å². The summed E-state index contributed by atoms with van der Waals surface area (Å²) in [5, 5.41) is -2.33. The molecule has 0 spiro atoms. The first-order valence-corrected chi connectivity index (χ1v) is 14.4. The molecule has 3 aromatic heterocycles. The Kier molecular flexibility index (Phi) is 2.72. The largest absolute Gasteiger partial charge is 0.454 e. The third kappa shape index (κ3) is 4.52. The highest BCUT2D eigenvalue weighted by atomic mass is 16.3. The van der Waals surface area contributed by atoms with E-state index in [9.17, 15) is 9.60 Å². The van der Waals surface area contributed by atoms with Crippen LogP contribution in [0.2, 0.25) is 0 Å². The van der Waals surface area contributed by atoms with Gasteiger partial charge in [-0.25, -0.2) is 15.0 Å². The molecule has 0 atom stereocenters. The molecule has 0 aliphatic rings. The zero-order valence-electron chi connectivity index (χ0n) is 52.7. The van der Waals surface area contributed by atoms with Gasteiger partial charge < -0.3 is 8.98 Å². The summed E-state index contributed by atoms with van der Waals surface area (Å²) in [6.45, 7) is 0. The zero-order valence-corrected chi connectivity index (χ0v) is 24.7. The van der Waals surface area contributed by atoms with E-state index in [2.05, 4.69) is 15.0 Å². The molecule has 0 radical (unpaired) electrons. The van der Waals surface area contributed by atoms with Crippen molar-refractivity contribution >= 4 is 43.7 Å². The van der Waals surface area contributed by atoms with Crippen molar-refractivity contribution in [3.8, 4) is 51.0 Å². The molecule has 50 heavy (non-hydrogen) atoms. The van der Waals surface area contributed by atoms with Crippen LogP contribution in [0, 0.1) is 0 Å². The highest BCUT2D eigenvalue weighted by molar-refractivity contribution is 6.16. The molecule has 7 aromatic carbocycles. The fourth-order valence-electron chi connectivity index (χ4n) is 5.47. The molecular formula is C45H28N4O. The Morgan fingerprint density at radius 1 is 0.440 bits per heavy atom. The molecule has 10 aromatic rings. The summed E-state index contributed by atoms with van der Waals surface area (Å²) in [6, 6.07) is -25.3. The van der Waals surface area contributed by atoms with E-state index in [4.69, 9.17) is 33.2 Å². The van der Waals surface area contributed by atoms with Crippen LogP contribution in [0.15, 0.2) is 174 Å². The molecule has 3 heterocycles. The monoisotopic (exact) mass is 668 g/mol. The first-order chi connectivity index (χ1) is 36.4. The van der Waals surface area contributed by atoms with Crippen molar-refractivity contribution in [1.29, 1.82) is 0 Å². The average Bonchev–Trinajstić information content (AvgIpc) is 4.19. The number of rotatable bonds is 5. The Hall–Kier alpha value is -6.85. The molecule has 0 saturated carbocycles. The number of fused-ring (bicyclic) bond motifs is 6. The average molecular weight is 669 g/mol. The molecule has 5 nitrogen and oxygen atoms in total. The minimum atomic E-state index is -1.04. The molecule has 10 rings (SSSR count).